The van der Waals surface area contributed by atoms with Gasteiger partial charge in [-0.1, -0.05) is 43.7 Å². The van der Waals surface area contributed by atoms with Crippen LogP contribution in [0.15, 0.2) is 55.1 Å². The Morgan fingerprint density at radius 3 is 1.29 bits per heavy atom. The summed E-state index contributed by atoms with van der Waals surface area (Å²) in [6, 6.07) is 16.8. The summed E-state index contributed by atoms with van der Waals surface area (Å²) in [5.41, 5.74) is 3.31. The van der Waals surface area contributed by atoms with Crippen LogP contribution in [0.4, 0.5) is 0 Å². The van der Waals surface area contributed by atoms with Crippen molar-refractivity contribution in [3.8, 4) is 11.5 Å². The molecule has 0 N–H and O–H groups in total. The van der Waals surface area contributed by atoms with Crippen LogP contribution in [0.3, 0.4) is 0 Å². The van der Waals surface area contributed by atoms with Gasteiger partial charge in [0.25, 0.3) is 0 Å². The topological polar surface area (TPSA) is 18.5 Å². The molecule has 148 valence electrons. The van der Waals surface area contributed by atoms with E-state index in [9.17, 15) is 0 Å². The second-order valence-corrected chi connectivity index (χ2v) is 8.28. The fourth-order valence-electron chi connectivity index (χ4n) is 4.39. The van der Waals surface area contributed by atoms with Gasteiger partial charge in [-0.3, -0.25) is 0 Å². The number of hydrogen-bond acceptors (Lipinski definition) is 2. The lowest BCUT2D eigenvalue weighted by Gasteiger charge is -2.23. The molecule has 0 unspecified atom stereocenters. The van der Waals surface area contributed by atoms with Gasteiger partial charge in [0.1, 0.15) is 11.5 Å². The van der Waals surface area contributed by atoms with Gasteiger partial charge in [-0.05, 0) is 92.3 Å². The second-order valence-electron chi connectivity index (χ2n) is 8.28. The smallest absolute Gasteiger partial charge is 0.119 e. The average Bonchev–Trinajstić information content (AvgIpc) is 2.76. The van der Waals surface area contributed by atoms with Crippen LogP contribution in [-0.4, -0.2) is 12.2 Å². The van der Waals surface area contributed by atoms with Gasteiger partial charge in [-0.2, -0.15) is 0 Å². The molecule has 2 aliphatic rings. The summed E-state index contributed by atoms with van der Waals surface area (Å²) < 4.78 is 12.3. The highest BCUT2D eigenvalue weighted by Gasteiger charge is 2.16. The highest BCUT2D eigenvalue weighted by Crippen LogP contribution is 2.29. The van der Waals surface area contributed by atoms with Crippen LogP contribution < -0.4 is 9.47 Å². The van der Waals surface area contributed by atoms with Gasteiger partial charge >= 0.3 is 0 Å². The molecule has 0 aromatic heterocycles. The fourth-order valence-corrected chi connectivity index (χ4v) is 4.39. The van der Waals surface area contributed by atoms with Gasteiger partial charge in [-0.25, -0.2) is 0 Å². The highest BCUT2D eigenvalue weighted by atomic mass is 16.5. The van der Waals surface area contributed by atoms with Crippen LogP contribution in [0.2, 0.25) is 0 Å². The molecule has 4 rings (SSSR count). The van der Waals surface area contributed by atoms with E-state index in [0.29, 0.717) is 12.2 Å². The lowest BCUT2D eigenvalue weighted by molar-refractivity contribution is 0.155. The Kier molecular flexibility index (Phi) is 6.36. The first-order chi connectivity index (χ1) is 13.8. The summed E-state index contributed by atoms with van der Waals surface area (Å²) >= 11 is 0. The molecule has 2 heteroatoms. The van der Waals surface area contributed by atoms with Gasteiger partial charge in [0.05, 0.1) is 12.2 Å². The van der Waals surface area contributed by atoms with Crippen molar-refractivity contribution in [1.82, 2.24) is 0 Å². The predicted molar refractivity (Wildman–Crippen MR) is 116 cm³/mol. The molecule has 0 radical (unpaired) electrons. The second kappa shape index (κ2) is 9.32. The van der Waals surface area contributed by atoms with Crippen molar-refractivity contribution in [2.75, 3.05) is 0 Å². The summed E-state index contributed by atoms with van der Waals surface area (Å²) in [7, 11) is 0. The van der Waals surface area contributed by atoms with Crippen molar-refractivity contribution < 1.29 is 9.47 Å². The van der Waals surface area contributed by atoms with Gasteiger partial charge in [0, 0.05) is 0 Å². The number of hydrogen-bond donors (Lipinski definition) is 0. The third-order valence-electron chi connectivity index (χ3n) is 6.12. The molecule has 0 heterocycles. The van der Waals surface area contributed by atoms with E-state index in [4.69, 9.17) is 9.47 Å². The molecule has 2 nitrogen and oxygen atoms in total. The molecule has 2 aromatic carbocycles. The van der Waals surface area contributed by atoms with Crippen LogP contribution >= 0.6 is 0 Å². The normalized spacial score (nSPS) is 18.6. The molecule has 0 amide bonds. The molecule has 28 heavy (non-hydrogen) atoms. The van der Waals surface area contributed by atoms with E-state index >= 15 is 0 Å². The molecule has 0 atom stereocenters. The van der Waals surface area contributed by atoms with Crippen LogP contribution in [0.1, 0.15) is 75.3 Å². The monoisotopic (exact) mass is 376 g/mol. The van der Waals surface area contributed by atoms with Gasteiger partial charge in [0.2, 0.25) is 0 Å². The Morgan fingerprint density at radius 2 is 0.929 bits per heavy atom. The van der Waals surface area contributed by atoms with E-state index < -0.39 is 0 Å². The van der Waals surface area contributed by atoms with Crippen molar-refractivity contribution in [2.45, 2.75) is 76.4 Å². The minimum atomic E-state index is 0.388. The zero-order valence-electron chi connectivity index (χ0n) is 16.9. The zero-order chi connectivity index (χ0) is 19.2. The van der Waals surface area contributed by atoms with E-state index in [1.165, 1.54) is 64.2 Å². The molecule has 2 saturated carbocycles. The van der Waals surface area contributed by atoms with E-state index in [-0.39, 0.29) is 0 Å². The SMILES string of the molecule is C=C(c1ccc(OC2CCCCC2)cc1)c1ccc(OC2CCCCC2)cc1. The van der Waals surface area contributed by atoms with E-state index in [0.717, 1.165) is 28.2 Å². The fraction of sp³-hybridized carbons (Fsp3) is 0.462. The van der Waals surface area contributed by atoms with Gasteiger partial charge in [0.15, 0.2) is 0 Å². The van der Waals surface area contributed by atoms with Gasteiger partial charge in [-0.15, -0.1) is 0 Å². The Balaban J connectivity index is 1.35. The summed E-state index contributed by atoms with van der Waals surface area (Å²) in [4.78, 5) is 0. The number of benzene rings is 2. The first-order valence-corrected chi connectivity index (χ1v) is 11.0. The van der Waals surface area contributed by atoms with Crippen LogP contribution in [-0.2, 0) is 0 Å². The third-order valence-corrected chi connectivity index (χ3v) is 6.12. The van der Waals surface area contributed by atoms with Crippen LogP contribution in [0, 0.1) is 0 Å². The molecule has 0 spiro atoms. The van der Waals surface area contributed by atoms with Crippen molar-refractivity contribution in [3.63, 3.8) is 0 Å². The molecule has 0 bridgehead atoms. The first kappa shape index (κ1) is 19.1. The quantitative estimate of drug-likeness (QED) is 0.532. The van der Waals surface area contributed by atoms with Crippen LogP contribution in [0.5, 0.6) is 11.5 Å². The Morgan fingerprint density at radius 1 is 0.571 bits per heavy atom. The third kappa shape index (κ3) is 4.98. The minimum absolute atomic E-state index is 0.388. The van der Waals surface area contributed by atoms with E-state index in [2.05, 4.69) is 55.1 Å². The maximum Gasteiger partial charge on any atom is 0.119 e. The number of rotatable bonds is 6. The van der Waals surface area contributed by atoms with Crippen molar-refractivity contribution in [1.29, 1.82) is 0 Å². The lowest BCUT2D eigenvalue weighted by atomic mass is 9.97. The Labute approximate surface area is 169 Å². The number of ether oxygens (including phenoxy) is 2. The predicted octanol–water partition coefficient (Wildman–Crippen LogP) is 7.17. The van der Waals surface area contributed by atoms with E-state index in [1.807, 2.05) is 0 Å². The summed E-state index contributed by atoms with van der Waals surface area (Å²) in [6.07, 6.45) is 13.4. The van der Waals surface area contributed by atoms with Crippen LogP contribution in [0.25, 0.3) is 5.57 Å². The molecular formula is C26H32O2. The molecule has 2 fully saturated rings. The molecule has 0 aliphatic heterocycles. The maximum absolute atomic E-state index is 6.14. The molecule has 2 aromatic rings. The van der Waals surface area contributed by atoms with Gasteiger partial charge < -0.3 is 9.47 Å². The average molecular weight is 377 g/mol. The zero-order valence-corrected chi connectivity index (χ0v) is 16.9. The van der Waals surface area contributed by atoms with Crippen molar-refractivity contribution in [3.05, 3.63) is 66.2 Å². The minimum Gasteiger partial charge on any atom is -0.490 e. The Hall–Kier alpha value is -2.22. The molecule has 2 aliphatic carbocycles. The Bertz CT molecular complexity index is 683. The van der Waals surface area contributed by atoms with E-state index in [1.54, 1.807) is 0 Å². The first-order valence-electron chi connectivity index (χ1n) is 11.0. The van der Waals surface area contributed by atoms with Crippen molar-refractivity contribution >= 4 is 5.57 Å². The largest absolute Gasteiger partial charge is 0.490 e. The summed E-state index contributed by atoms with van der Waals surface area (Å²) in [5.74, 6) is 1.94. The highest BCUT2D eigenvalue weighted by molar-refractivity contribution is 5.78. The summed E-state index contributed by atoms with van der Waals surface area (Å²) in [5, 5.41) is 0. The molecule has 0 saturated heterocycles. The lowest BCUT2D eigenvalue weighted by Crippen LogP contribution is -2.19. The maximum atomic E-state index is 6.14. The summed E-state index contributed by atoms with van der Waals surface area (Å²) in [6.45, 7) is 4.30. The standard InChI is InChI=1S/C26H32O2/c1-20(21-12-16-25(17-13-21)27-23-8-4-2-5-9-23)22-14-18-26(19-15-22)28-24-10-6-3-7-11-24/h12-19,23-24H,1-11H2. The van der Waals surface area contributed by atoms with Crippen molar-refractivity contribution in [2.24, 2.45) is 0 Å². The molecular weight excluding hydrogens is 344 g/mol.